The number of nitrogens with two attached hydrogens (primary N) is 1. The number of anilines is 1. The van der Waals surface area contributed by atoms with Crippen LogP contribution in [0.1, 0.15) is 44.1 Å². The minimum atomic E-state index is 0.406. The highest BCUT2D eigenvalue weighted by Gasteiger charge is 2.13. The number of nitrogens with zero attached hydrogens (tertiary/aromatic N) is 1. The summed E-state index contributed by atoms with van der Waals surface area (Å²) in [6.45, 7) is 0.595. The first-order valence-corrected chi connectivity index (χ1v) is 6.42. The van der Waals surface area contributed by atoms with E-state index in [4.69, 9.17) is 10.6 Å². The Balaban J connectivity index is 1.87. The van der Waals surface area contributed by atoms with E-state index in [2.05, 4.69) is 10.4 Å². The fourth-order valence-corrected chi connectivity index (χ4v) is 2.30. The maximum atomic E-state index is 5.96. The average molecular weight is 235 g/mol. The molecule has 1 saturated carbocycles. The van der Waals surface area contributed by atoms with E-state index in [0.717, 1.165) is 5.56 Å². The van der Waals surface area contributed by atoms with Gasteiger partial charge in [-0.15, -0.1) is 0 Å². The van der Waals surface area contributed by atoms with Crippen LogP contribution in [0.15, 0.2) is 18.3 Å². The van der Waals surface area contributed by atoms with Crippen LogP contribution in [0, 0.1) is 0 Å². The molecule has 1 aliphatic rings. The standard InChI is InChI=1S/C13H21N3O/c14-16-13-11(6-5-9-15-13)10-17-12-7-3-1-2-4-8-12/h5-6,9,12H,1-4,7-8,10,14H2,(H,15,16). The fraction of sp³-hybridized carbons (Fsp3) is 0.615. The van der Waals surface area contributed by atoms with Crippen LogP contribution in [0.5, 0.6) is 0 Å². The molecule has 1 heterocycles. The van der Waals surface area contributed by atoms with Gasteiger partial charge in [0.25, 0.3) is 0 Å². The summed E-state index contributed by atoms with van der Waals surface area (Å²) in [7, 11) is 0. The van der Waals surface area contributed by atoms with Crippen molar-refractivity contribution in [1.82, 2.24) is 4.98 Å². The quantitative estimate of drug-likeness (QED) is 0.478. The Morgan fingerprint density at radius 1 is 1.29 bits per heavy atom. The number of ether oxygens (including phenoxy) is 1. The van der Waals surface area contributed by atoms with E-state index in [9.17, 15) is 0 Å². The first-order valence-electron chi connectivity index (χ1n) is 6.42. The van der Waals surface area contributed by atoms with Gasteiger partial charge in [0.1, 0.15) is 5.82 Å². The van der Waals surface area contributed by atoms with Crippen molar-refractivity contribution in [1.29, 1.82) is 0 Å². The molecule has 0 bridgehead atoms. The number of rotatable bonds is 4. The topological polar surface area (TPSA) is 60.2 Å². The van der Waals surface area contributed by atoms with E-state index in [1.807, 2.05) is 12.1 Å². The molecule has 1 aromatic heterocycles. The van der Waals surface area contributed by atoms with Crippen molar-refractivity contribution in [3.63, 3.8) is 0 Å². The number of pyridine rings is 1. The van der Waals surface area contributed by atoms with Crippen LogP contribution in [-0.2, 0) is 11.3 Å². The first kappa shape index (κ1) is 12.3. The van der Waals surface area contributed by atoms with Crippen molar-refractivity contribution in [3.05, 3.63) is 23.9 Å². The van der Waals surface area contributed by atoms with E-state index in [1.165, 1.54) is 38.5 Å². The average Bonchev–Trinajstić information content (AvgIpc) is 2.65. The second kappa shape index (κ2) is 6.57. The lowest BCUT2D eigenvalue weighted by Gasteiger charge is -2.16. The fourth-order valence-electron chi connectivity index (χ4n) is 2.30. The molecule has 4 nitrogen and oxygen atoms in total. The van der Waals surface area contributed by atoms with Gasteiger partial charge in [0, 0.05) is 11.8 Å². The number of nitrogens with one attached hydrogen (secondary N) is 1. The highest BCUT2D eigenvalue weighted by Crippen LogP contribution is 2.21. The summed E-state index contributed by atoms with van der Waals surface area (Å²) in [5, 5.41) is 0. The number of hydrogen-bond acceptors (Lipinski definition) is 4. The minimum Gasteiger partial charge on any atom is -0.373 e. The Morgan fingerprint density at radius 2 is 2.06 bits per heavy atom. The second-order valence-corrected chi connectivity index (χ2v) is 4.58. The van der Waals surface area contributed by atoms with Crippen molar-refractivity contribution >= 4 is 5.82 Å². The van der Waals surface area contributed by atoms with Crippen molar-refractivity contribution in [2.45, 2.75) is 51.2 Å². The molecule has 0 aromatic carbocycles. The predicted octanol–water partition coefficient (Wildman–Crippen LogP) is 2.61. The van der Waals surface area contributed by atoms with Crippen LogP contribution in [0.3, 0.4) is 0 Å². The zero-order valence-corrected chi connectivity index (χ0v) is 10.2. The number of aromatic nitrogens is 1. The van der Waals surface area contributed by atoms with Gasteiger partial charge in [-0.3, -0.25) is 0 Å². The SMILES string of the molecule is NNc1ncccc1COC1CCCCCC1. The molecule has 3 N–H and O–H groups in total. The van der Waals surface area contributed by atoms with Gasteiger partial charge in [0.15, 0.2) is 0 Å². The maximum Gasteiger partial charge on any atom is 0.145 e. The minimum absolute atomic E-state index is 0.406. The molecule has 2 rings (SSSR count). The Kier molecular flexibility index (Phi) is 4.76. The monoisotopic (exact) mass is 235 g/mol. The number of hydrogen-bond donors (Lipinski definition) is 2. The van der Waals surface area contributed by atoms with E-state index in [0.29, 0.717) is 18.5 Å². The molecule has 1 fully saturated rings. The third kappa shape index (κ3) is 3.68. The highest BCUT2D eigenvalue weighted by atomic mass is 16.5. The Hall–Kier alpha value is -1.13. The van der Waals surface area contributed by atoms with Crippen molar-refractivity contribution in [2.75, 3.05) is 5.43 Å². The molecule has 17 heavy (non-hydrogen) atoms. The van der Waals surface area contributed by atoms with Gasteiger partial charge in [-0.2, -0.15) is 0 Å². The lowest BCUT2D eigenvalue weighted by atomic mass is 10.1. The molecule has 0 unspecified atom stereocenters. The molecule has 1 aromatic rings. The lowest BCUT2D eigenvalue weighted by Crippen LogP contribution is -2.15. The Morgan fingerprint density at radius 3 is 2.76 bits per heavy atom. The summed E-state index contributed by atoms with van der Waals surface area (Å²) in [6, 6.07) is 3.91. The molecule has 0 spiro atoms. The summed E-state index contributed by atoms with van der Waals surface area (Å²) in [5.41, 5.74) is 3.63. The molecule has 0 amide bonds. The van der Waals surface area contributed by atoms with E-state index < -0.39 is 0 Å². The molecular weight excluding hydrogens is 214 g/mol. The van der Waals surface area contributed by atoms with Gasteiger partial charge >= 0.3 is 0 Å². The first-order chi connectivity index (χ1) is 8.40. The van der Waals surface area contributed by atoms with Crippen LogP contribution < -0.4 is 11.3 Å². The summed E-state index contributed by atoms with van der Waals surface area (Å²) < 4.78 is 5.96. The normalized spacial score (nSPS) is 17.7. The van der Waals surface area contributed by atoms with Gasteiger partial charge in [-0.05, 0) is 18.9 Å². The third-order valence-corrected chi connectivity index (χ3v) is 3.30. The predicted molar refractivity (Wildman–Crippen MR) is 68.3 cm³/mol. The summed E-state index contributed by atoms with van der Waals surface area (Å²) in [6.07, 6.45) is 9.79. The van der Waals surface area contributed by atoms with Gasteiger partial charge in [0.2, 0.25) is 0 Å². The Bertz CT molecular complexity index is 335. The van der Waals surface area contributed by atoms with Crippen LogP contribution in [0.2, 0.25) is 0 Å². The summed E-state index contributed by atoms with van der Waals surface area (Å²) >= 11 is 0. The zero-order chi connectivity index (χ0) is 11.9. The lowest BCUT2D eigenvalue weighted by molar-refractivity contribution is 0.0311. The Labute approximate surface area is 103 Å². The third-order valence-electron chi connectivity index (χ3n) is 3.30. The van der Waals surface area contributed by atoms with Crippen LogP contribution in [-0.4, -0.2) is 11.1 Å². The van der Waals surface area contributed by atoms with Gasteiger partial charge in [-0.1, -0.05) is 31.7 Å². The van der Waals surface area contributed by atoms with E-state index in [-0.39, 0.29) is 0 Å². The van der Waals surface area contributed by atoms with Gasteiger partial charge in [0.05, 0.1) is 12.7 Å². The van der Waals surface area contributed by atoms with Crippen LogP contribution in [0.25, 0.3) is 0 Å². The molecular formula is C13H21N3O. The molecule has 0 aliphatic heterocycles. The highest BCUT2D eigenvalue weighted by molar-refractivity contribution is 5.41. The molecule has 0 atom stereocenters. The van der Waals surface area contributed by atoms with Crippen LogP contribution >= 0.6 is 0 Å². The number of hydrazine groups is 1. The van der Waals surface area contributed by atoms with E-state index in [1.54, 1.807) is 6.20 Å². The smallest absolute Gasteiger partial charge is 0.145 e. The molecule has 0 saturated heterocycles. The summed E-state index contributed by atoms with van der Waals surface area (Å²) in [4.78, 5) is 4.16. The van der Waals surface area contributed by atoms with Crippen molar-refractivity contribution < 1.29 is 4.74 Å². The maximum absolute atomic E-state index is 5.96. The molecule has 94 valence electrons. The second-order valence-electron chi connectivity index (χ2n) is 4.58. The number of nitrogen functional groups attached to an aromatic ring is 1. The van der Waals surface area contributed by atoms with Gasteiger partial charge in [-0.25, -0.2) is 10.8 Å². The van der Waals surface area contributed by atoms with Gasteiger partial charge < -0.3 is 10.2 Å². The van der Waals surface area contributed by atoms with E-state index >= 15 is 0 Å². The van der Waals surface area contributed by atoms with Crippen LogP contribution in [0.4, 0.5) is 5.82 Å². The van der Waals surface area contributed by atoms with Crippen molar-refractivity contribution in [2.24, 2.45) is 5.84 Å². The zero-order valence-electron chi connectivity index (χ0n) is 10.2. The molecule has 1 aliphatic carbocycles. The van der Waals surface area contributed by atoms with Crippen molar-refractivity contribution in [3.8, 4) is 0 Å². The molecule has 0 radical (unpaired) electrons. The molecule has 4 heteroatoms. The largest absolute Gasteiger partial charge is 0.373 e. The summed E-state index contributed by atoms with van der Waals surface area (Å²) in [5.74, 6) is 6.13.